The molecular formula is C23H26ClN3O3. The Kier molecular flexibility index (Phi) is 6.07. The monoisotopic (exact) mass is 427 g/mol. The van der Waals surface area contributed by atoms with Crippen molar-refractivity contribution in [2.24, 2.45) is 10.8 Å². The summed E-state index contributed by atoms with van der Waals surface area (Å²) in [6.45, 7) is 15.5. The molecule has 3 rings (SSSR count). The summed E-state index contributed by atoms with van der Waals surface area (Å²) >= 11 is 6.17. The second kappa shape index (κ2) is 8.25. The minimum atomic E-state index is -0.387. The number of aliphatic hydroxyl groups is 1. The first-order valence-corrected chi connectivity index (χ1v) is 10.2. The van der Waals surface area contributed by atoms with Crippen LogP contribution in [0.2, 0.25) is 5.02 Å². The third kappa shape index (κ3) is 3.76. The summed E-state index contributed by atoms with van der Waals surface area (Å²) in [6, 6.07) is 8.33. The lowest BCUT2D eigenvalue weighted by molar-refractivity contribution is -0.200. The van der Waals surface area contributed by atoms with Crippen molar-refractivity contribution in [2.75, 3.05) is 13.2 Å². The lowest BCUT2D eigenvalue weighted by atomic mass is 9.48. The minimum absolute atomic E-state index is 0.131. The van der Waals surface area contributed by atoms with Gasteiger partial charge in [-0.2, -0.15) is 0 Å². The van der Waals surface area contributed by atoms with Crippen molar-refractivity contribution < 1.29 is 14.6 Å². The molecule has 7 heteroatoms. The van der Waals surface area contributed by atoms with Crippen molar-refractivity contribution in [1.29, 1.82) is 0 Å². The maximum absolute atomic E-state index is 13.2. The number of carbonyl (C=O) groups excluding carboxylic acids is 1. The number of aromatic nitrogens is 1. The second-order valence-electron chi connectivity index (χ2n) is 8.73. The Morgan fingerprint density at radius 2 is 2.00 bits per heavy atom. The molecule has 30 heavy (non-hydrogen) atoms. The van der Waals surface area contributed by atoms with Crippen LogP contribution in [0.1, 0.15) is 38.1 Å². The Bertz CT molecular complexity index is 953. The molecule has 1 heterocycles. The largest absolute Gasteiger partial charge is 0.489 e. The van der Waals surface area contributed by atoms with Crippen LogP contribution in [-0.4, -0.2) is 46.2 Å². The first kappa shape index (κ1) is 22.1. The highest BCUT2D eigenvalue weighted by Crippen LogP contribution is 2.58. The van der Waals surface area contributed by atoms with Crippen molar-refractivity contribution in [3.63, 3.8) is 0 Å². The summed E-state index contributed by atoms with van der Waals surface area (Å²) in [5.74, 6) is 0.426. The molecular weight excluding hydrogens is 402 g/mol. The van der Waals surface area contributed by atoms with E-state index in [0.29, 0.717) is 22.0 Å². The average Bonchev–Trinajstić information content (AvgIpc) is 2.71. The van der Waals surface area contributed by atoms with Gasteiger partial charge >= 0.3 is 0 Å². The molecule has 1 fully saturated rings. The number of pyridine rings is 1. The molecule has 0 radical (unpaired) electrons. The molecule has 0 unspecified atom stereocenters. The number of carbonyl (C=O) groups is 1. The van der Waals surface area contributed by atoms with Crippen LogP contribution in [0.25, 0.3) is 4.85 Å². The van der Waals surface area contributed by atoms with Crippen LogP contribution in [0.5, 0.6) is 5.75 Å². The van der Waals surface area contributed by atoms with Gasteiger partial charge in [-0.15, -0.1) is 0 Å². The van der Waals surface area contributed by atoms with E-state index in [1.807, 2.05) is 0 Å². The van der Waals surface area contributed by atoms with Gasteiger partial charge in [-0.1, -0.05) is 45.4 Å². The Labute approximate surface area is 182 Å². The molecule has 158 valence electrons. The van der Waals surface area contributed by atoms with Crippen LogP contribution in [0, 0.1) is 17.4 Å². The van der Waals surface area contributed by atoms with Gasteiger partial charge in [-0.05, 0) is 24.3 Å². The zero-order valence-corrected chi connectivity index (χ0v) is 18.3. The van der Waals surface area contributed by atoms with Gasteiger partial charge in [0.05, 0.1) is 23.8 Å². The van der Waals surface area contributed by atoms with Gasteiger partial charge in [0, 0.05) is 35.8 Å². The lowest BCUT2D eigenvalue weighted by Crippen LogP contribution is -2.75. The van der Waals surface area contributed by atoms with Gasteiger partial charge in [0.1, 0.15) is 11.9 Å². The third-order valence-electron chi connectivity index (χ3n) is 5.88. The Morgan fingerprint density at radius 3 is 2.53 bits per heavy atom. The highest BCUT2D eigenvalue weighted by Gasteiger charge is 2.66. The molecule has 0 spiro atoms. The number of benzene rings is 1. The van der Waals surface area contributed by atoms with Crippen molar-refractivity contribution in [3.8, 4) is 5.75 Å². The standard InChI is InChI=1S/C23H26ClN3O3/c1-22(2)20(27(11-12-28)19(29)15-7-6-10-26-14-15)23(3,4)21(22)30-16-8-9-18(25-5)17(24)13-16/h6-10,13-14,20-21,28H,11-12H2,1-4H3. The van der Waals surface area contributed by atoms with Gasteiger partial charge in [0.2, 0.25) is 5.69 Å². The van der Waals surface area contributed by atoms with Crippen LogP contribution in [0.15, 0.2) is 42.7 Å². The van der Waals surface area contributed by atoms with E-state index < -0.39 is 0 Å². The summed E-state index contributed by atoms with van der Waals surface area (Å²) in [7, 11) is 0. The predicted octanol–water partition coefficient (Wildman–Crippen LogP) is 4.60. The average molecular weight is 428 g/mol. The van der Waals surface area contributed by atoms with Gasteiger partial charge in [-0.3, -0.25) is 9.78 Å². The van der Waals surface area contributed by atoms with Gasteiger partial charge in [-0.25, -0.2) is 4.85 Å². The van der Waals surface area contributed by atoms with E-state index in [0.717, 1.165) is 0 Å². The molecule has 1 aromatic heterocycles. The highest BCUT2D eigenvalue weighted by molar-refractivity contribution is 6.33. The molecule has 2 aromatic rings. The maximum Gasteiger partial charge on any atom is 0.255 e. The summed E-state index contributed by atoms with van der Waals surface area (Å²) in [6.07, 6.45) is 2.96. The van der Waals surface area contributed by atoms with Crippen LogP contribution in [0.3, 0.4) is 0 Å². The van der Waals surface area contributed by atoms with E-state index in [9.17, 15) is 9.90 Å². The molecule has 1 aromatic carbocycles. The van der Waals surface area contributed by atoms with Crippen molar-refractivity contribution in [1.82, 2.24) is 9.88 Å². The fraction of sp³-hybridized carbons (Fsp3) is 0.435. The predicted molar refractivity (Wildman–Crippen MR) is 116 cm³/mol. The number of rotatable bonds is 6. The first-order chi connectivity index (χ1) is 14.1. The van der Waals surface area contributed by atoms with E-state index in [1.54, 1.807) is 47.6 Å². The molecule has 1 aliphatic rings. The number of aliphatic hydroxyl groups excluding tert-OH is 1. The molecule has 0 bridgehead atoms. The molecule has 0 saturated heterocycles. The molecule has 1 N–H and O–H groups in total. The van der Waals surface area contributed by atoms with Crippen LogP contribution in [0.4, 0.5) is 5.69 Å². The topological polar surface area (TPSA) is 67.0 Å². The second-order valence-corrected chi connectivity index (χ2v) is 9.14. The Hall–Kier alpha value is -2.62. The number of halogens is 1. The van der Waals surface area contributed by atoms with Crippen LogP contribution >= 0.6 is 11.6 Å². The Balaban J connectivity index is 1.88. The van der Waals surface area contributed by atoms with Crippen molar-refractivity contribution in [2.45, 2.75) is 39.8 Å². The molecule has 0 aliphatic heterocycles. The molecule has 1 saturated carbocycles. The quantitative estimate of drug-likeness (QED) is 0.684. The van der Waals surface area contributed by atoms with E-state index in [1.165, 1.54) is 0 Å². The molecule has 1 aliphatic carbocycles. The summed E-state index contributed by atoms with van der Waals surface area (Å²) in [5.41, 5.74) is 0.0943. The highest BCUT2D eigenvalue weighted by atomic mass is 35.5. The van der Waals surface area contributed by atoms with Crippen LogP contribution < -0.4 is 4.74 Å². The van der Waals surface area contributed by atoms with Crippen molar-refractivity contribution in [3.05, 3.63) is 64.7 Å². The SMILES string of the molecule is [C-]#[N+]c1ccc(OC2C(C)(C)C(N(CCO)C(=O)c3cccnc3)C2(C)C)cc1Cl. The number of nitrogens with zero attached hydrogens (tertiary/aromatic N) is 3. The Morgan fingerprint density at radius 1 is 1.30 bits per heavy atom. The van der Waals surface area contributed by atoms with E-state index in [-0.39, 0.29) is 42.0 Å². The summed E-state index contributed by atoms with van der Waals surface area (Å²) < 4.78 is 6.31. The lowest BCUT2D eigenvalue weighted by Gasteiger charge is -2.65. The smallest absolute Gasteiger partial charge is 0.255 e. The molecule has 6 nitrogen and oxygen atoms in total. The molecule has 1 amide bonds. The number of amides is 1. The van der Waals surface area contributed by atoms with Gasteiger partial charge < -0.3 is 14.7 Å². The van der Waals surface area contributed by atoms with Crippen molar-refractivity contribution >= 4 is 23.2 Å². The normalized spacial score (nSPS) is 21.2. The number of hydrogen-bond acceptors (Lipinski definition) is 4. The van der Waals surface area contributed by atoms with E-state index >= 15 is 0 Å². The molecule has 0 atom stereocenters. The van der Waals surface area contributed by atoms with E-state index in [4.69, 9.17) is 22.9 Å². The number of hydrogen-bond donors (Lipinski definition) is 1. The summed E-state index contributed by atoms with van der Waals surface area (Å²) in [5, 5.41) is 9.99. The summed E-state index contributed by atoms with van der Waals surface area (Å²) in [4.78, 5) is 22.4. The first-order valence-electron chi connectivity index (χ1n) is 9.80. The fourth-order valence-corrected chi connectivity index (χ4v) is 5.33. The zero-order valence-electron chi connectivity index (χ0n) is 17.6. The van der Waals surface area contributed by atoms with E-state index in [2.05, 4.69) is 37.5 Å². The number of ether oxygens (including phenoxy) is 1. The van der Waals surface area contributed by atoms with Gasteiger partial charge in [0.15, 0.2) is 0 Å². The maximum atomic E-state index is 13.2. The fourth-order valence-electron chi connectivity index (χ4n) is 5.11. The van der Waals surface area contributed by atoms with Crippen LogP contribution in [-0.2, 0) is 0 Å². The minimum Gasteiger partial charge on any atom is -0.489 e. The van der Waals surface area contributed by atoms with Gasteiger partial charge in [0.25, 0.3) is 5.91 Å². The zero-order chi connectivity index (χ0) is 22.1. The third-order valence-corrected chi connectivity index (χ3v) is 6.18.